The third kappa shape index (κ3) is 5.29. The second-order valence-corrected chi connectivity index (χ2v) is 13.8. The molecule has 228 valence electrons. The van der Waals surface area contributed by atoms with Crippen LogP contribution in [0.2, 0.25) is 10.0 Å². The van der Waals surface area contributed by atoms with Crippen molar-refractivity contribution in [3.05, 3.63) is 87.4 Å². The molecule has 0 radical (unpaired) electrons. The number of rotatable bonds is 8. The van der Waals surface area contributed by atoms with Gasteiger partial charge in [0.05, 0.1) is 19.3 Å². The summed E-state index contributed by atoms with van der Waals surface area (Å²) < 4.78 is 40.7. The first-order valence-corrected chi connectivity index (χ1v) is 16.4. The Morgan fingerprint density at radius 1 is 0.930 bits per heavy atom. The maximum absolute atomic E-state index is 13.9. The first-order chi connectivity index (χ1) is 20.4. The quantitative estimate of drug-likeness (QED) is 0.185. The van der Waals surface area contributed by atoms with Gasteiger partial charge in [-0.3, -0.25) is 14.7 Å². The van der Waals surface area contributed by atoms with Crippen molar-refractivity contribution in [1.82, 2.24) is 9.21 Å². The van der Waals surface area contributed by atoms with Gasteiger partial charge < -0.3 is 9.47 Å². The summed E-state index contributed by atoms with van der Waals surface area (Å²) in [5.74, 6) is 0.571. The fraction of sp³-hybridized carbons (Fsp3) is 0.355. The van der Waals surface area contributed by atoms with Gasteiger partial charge in [-0.2, -0.15) is 4.31 Å². The number of ether oxygens (including phenoxy) is 2. The van der Waals surface area contributed by atoms with E-state index in [0.717, 1.165) is 18.4 Å². The number of hydrogen-bond donors (Lipinski definition) is 0. The number of benzene rings is 3. The second kappa shape index (κ2) is 11.9. The van der Waals surface area contributed by atoms with Crippen LogP contribution in [0.5, 0.6) is 11.5 Å². The van der Waals surface area contributed by atoms with Crippen LogP contribution in [0.15, 0.2) is 70.6 Å². The molecule has 3 aromatic rings. The fourth-order valence-corrected chi connectivity index (χ4v) is 8.15. The highest BCUT2D eigenvalue weighted by Gasteiger charge is 2.59. The van der Waals surface area contributed by atoms with Gasteiger partial charge in [-0.15, -0.1) is 0 Å². The molecule has 8 nitrogen and oxygen atoms in total. The van der Waals surface area contributed by atoms with Crippen molar-refractivity contribution in [2.75, 3.05) is 26.8 Å². The number of methoxy groups -OCH3 is 1. The second-order valence-electron chi connectivity index (χ2n) is 10.7. The molecule has 2 atom stereocenters. The van der Waals surface area contributed by atoms with E-state index in [1.165, 1.54) is 28.4 Å². The Morgan fingerprint density at radius 3 is 2.00 bits per heavy atom. The van der Waals surface area contributed by atoms with Crippen LogP contribution in [0.25, 0.3) is 0 Å². The van der Waals surface area contributed by atoms with Gasteiger partial charge >= 0.3 is 5.37 Å². The molecule has 0 aliphatic carbocycles. The molecule has 2 aliphatic heterocycles. The Kier molecular flexibility index (Phi) is 8.77. The van der Waals surface area contributed by atoms with Crippen molar-refractivity contribution in [2.45, 2.75) is 49.6 Å². The first kappa shape index (κ1) is 31.6. The minimum Gasteiger partial charge on any atom is -0.495 e. The van der Waals surface area contributed by atoms with Crippen molar-refractivity contribution < 1.29 is 22.7 Å². The highest BCUT2D eigenvalue weighted by Crippen LogP contribution is 2.54. The highest BCUT2D eigenvalue weighted by atomic mass is 35.5. The third-order valence-electron chi connectivity index (χ3n) is 8.41. The first-order valence-electron chi connectivity index (χ1n) is 13.9. The van der Waals surface area contributed by atoms with Crippen molar-refractivity contribution in [3.8, 4) is 11.5 Å². The number of amidine groups is 1. The predicted molar refractivity (Wildman–Crippen MR) is 169 cm³/mol. The molecule has 2 heterocycles. The fourth-order valence-electron chi connectivity index (χ4n) is 5.96. The van der Waals surface area contributed by atoms with Crippen molar-refractivity contribution >= 4 is 56.0 Å². The zero-order valence-corrected chi connectivity index (χ0v) is 27.3. The summed E-state index contributed by atoms with van der Waals surface area (Å²) in [4.78, 5) is 20.1. The SMILES string of the molecule is CCOc1cc(OC)c(S(=O)(=O)N2CCCC2)cc1C1=NC(C)(c2ccc(Cl)cc2)C(C)(c2ccc(Cl)cc2)N1C(=O)Cl. The number of hydrogen-bond acceptors (Lipinski definition) is 6. The van der Waals surface area contributed by atoms with E-state index in [0.29, 0.717) is 34.4 Å². The molecule has 3 aromatic carbocycles. The summed E-state index contributed by atoms with van der Waals surface area (Å²) >= 11 is 18.9. The zero-order valence-electron chi connectivity index (χ0n) is 24.2. The van der Waals surface area contributed by atoms with E-state index in [9.17, 15) is 13.2 Å². The number of nitrogens with zero attached hydrogens (tertiary/aromatic N) is 3. The standard InChI is InChI=1S/C31H32Cl3N3O5S/c1-5-42-25-19-26(41-4)27(43(39,40)36-16-6-7-17-36)18-24(25)28-35-30(2,20-8-12-22(32)13-9-20)31(3,37(28)29(34)38)21-10-14-23(33)15-11-21/h8-15,18-19H,5-7,16-17H2,1-4H3. The lowest BCUT2D eigenvalue weighted by molar-refractivity contribution is 0.149. The summed E-state index contributed by atoms with van der Waals surface area (Å²) in [7, 11) is -2.53. The lowest BCUT2D eigenvalue weighted by atomic mass is 9.71. The van der Waals surface area contributed by atoms with Crippen LogP contribution >= 0.6 is 34.8 Å². The predicted octanol–water partition coefficient (Wildman–Crippen LogP) is 7.44. The zero-order chi connectivity index (χ0) is 31.2. The molecule has 2 aliphatic rings. The van der Waals surface area contributed by atoms with Crippen molar-refractivity contribution in [1.29, 1.82) is 0 Å². The number of sulfonamides is 1. The molecule has 12 heteroatoms. The van der Waals surface area contributed by atoms with Crippen LogP contribution in [-0.4, -0.2) is 55.6 Å². The van der Waals surface area contributed by atoms with Crippen LogP contribution in [0.1, 0.15) is 50.3 Å². The number of carbonyl (C=O) groups is 1. The molecule has 2 unspecified atom stereocenters. The average molecular weight is 665 g/mol. The number of carbonyl (C=O) groups excluding carboxylic acids is 1. The maximum Gasteiger partial charge on any atom is 0.322 e. The van der Waals surface area contributed by atoms with E-state index in [1.54, 1.807) is 24.3 Å². The van der Waals surface area contributed by atoms with Crippen molar-refractivity contribution in [3.63, 3.8) is 0 Å². The number of amides is 1. The van der Waals surface area contributed by atoms with Gasteiger partial charge in [0.25, 0.3) is 0 Å². The number of halogens is 3. The molecule has 0 aromatic heterocycles. The number of aliphatic imine (C=N–C) groups is 1. The molecule has 0 saturated carbocycles. The highest BCUT2D eigenvalue weighted by molar-refractivity contribution is 7.89. The summed E-state index contributed by atoms with van der Waals surface area (Å²) in [6.07, 6.45) is 1.54. The lowest BCUT2D eigenvalue weighted by Crippen LogP contribution is -2.53. The van der Waals surface area contributed by atoms with Crippen LogP contribution in [0, 0.1) is 0 Å². The van der Waals surface area contributed by atoms with Gasteiger partial charge in [0.15, 0.2) is 0 Å². The van der Waals surface area contributed by atoms with E-state index in [2.05, 4.69) is 0 Å². The summed E-state index contributed by atoms with van der Waals surface area (Å²) in [5, 5.41) is 0.253. The molecule has 0 bridgehead atoms. The monoisotopic (exact) mass is 663 g/mol. The average Bonchev–Trinajstić information content (AvgIpc) is 3.60. The summed E-state index contributed by atoms with van der Waals surface area (Å²) in [6.45, 7) is 6.65. The molecule has 0 N–H and O–H groups in total. The summed E-state index contributed by atoms with van der Waals surface area (Å²) in [5.41, 5.74) is -0.575. The van der Waals surface area contributed by atoms with Gasteiger partial charge in [-0.05, 0) is 86.7 Å². The van der Waals surface area contributed by atoms with Gasteiger partial charge in [-0.25, -0.2) is 8.42 Å². The van der Waals surface area contributed by atoms with E-state index >= 15 is 0 Å². The normalized spacial score (nSPS) is 22.5. The topological polar surface area (TPSA) is 88.5 Å². The molecule has 0 spiro atoms. The van der Waals surface area contributed by atoms with Crippen molar-refractivity contribution in [2.24, 2.45) is 4.99 Å². The minimum atomic E-state index is -3.94. The summed E-state index contributed by atoms with van der Waals surface area (Å²) in [6, 6.07) is 17.3. The molecule has 1 saturated heterocycles. The Morgan fingerprint density at radius 2 is 1.49 bits per heavy atom. The largest absolute Gasteiger partial charge is 0.495 e. The van der Waals surface area contributed by atoms with E-state index in [-0.39, 0.29) is 28.7 Å². The Hall–Kier alpha value is -2.82. The van der Waals surface area contributed by atoms with Gasteiger partial charge in [0.2, 0.25) is 10.0 Å². The third-order valence-corrected chi connectivity index (χ3v) is 11.0. The lowest BCUT2D eigenvalue weighted by Gasteiger charge is -2.44. The Balaban J connectivity index is 1.83. The van der Waals surface area contributed by atoms with E-state index < -0.39 is 26.5 Å². The molecule has 1 fully saturated rings. The van der Waals surface area contributed by atoms with E-state index in [1.807, 2.05) is 45.0 Å². The van der Waals surface area contributed by atoms with Crippen LogP contribution in [-0.2, 0) is 21.1 Å². The van der Waals surface area contributed by atoms with Crippen LogP contribution in [0.3, 0.4) is 0 Å². The Bertz CT molecular complexity index is 1680. The van der Waals surface area contributed by atoms with Crippen LogP contribution in [0.4, 0.5) is 4.79 Å². The molecular weight excluding hydrogens is 633 g/mol. The molecule has 5 rings (SSSR count). The Labute approximate surface area is 267 Å². The molecular formula is C31H32Cl3N3O5S. The van der Waals surface area contributed by atoms with E-state index in [4.69, 9.17) is 49.3 Å². The van der Waals surface area contributed by atoms with Gasteiger partial charge in [0, 0.05) is 29.2 Å². The molecule has 43 heavy (non-hydrogen) atoms. The smallest absolute Gasteiger partial charge is 0.322 e. The minimum absolute atomic E-state index is 0.0479. The molecule has 1 amide bonds. The van der Waals surface area contributed by atoms with Crippen LogP contribution < -0.4 is 9.47 Å². The van der Waals surface area contributed by atoms with Gasteiger partial charge in [-0.1, -0.05) is 47.5 Å². The maximum atomic E-state index is 13.9. The van der Waals surface area contributed by atoms with Gasteiger partial charge in [0.1, 0.15) is 33.3 Å².